The Kier molecular flexibility index (Phi) is 4.64. The van der Waals surface area contributed by atoms with Crippen molar-refractivity contribution in [2.75, 3.05) is 5.32 Å². The Labute approximate surface area is 159 Å². The number of nitrogens with zero attached hydrogens (tertiary/aromatic N) is 4. The maximum Gasteiger partial charge on any atom is 0.181 e. The molecule has 3 N–H and O–H groups in total. The first-order valence-corrected chi connectivity index (χ1v) is 9.01. The van der Waals surface area contributed by atoms with E-state index in [1.165, 1.54) is 0 Å². The van der Waals surface area contributed by atoms with Crippen LogP contribution in [0.3, 0.4) is 0 Å². The molecule has 3 aromatic heterocycles. The largest absolute Gasteiger partial charge is 0.363 e. The molecule has 130 valence electrons. The van der Waals surface area contributed by atoms with Crippen molar-refractivity contribution in [3.05, 3.63) is 76.9 Å². The average molecular weight is 409 g/mol. The van der Waals surface area contributed by atoms with Crippen molar-refractivity contribution in [3.8, 4) is 11.3 Å². The van der Waals surface area contributed by atoms with Gasteiger partial charge in [0.05, 0.1) is 17.6 Å². The molecule has 0 fully saturated rings. The third-order valence-corrected chi connectivity index (χ3v) is 4.68. The molecule has 0 bridgehead atoms. The molecule has 0 radical (unpaired) electrons. The van der Waals surface area contributed by atoms with Gasteiger partial charge in [0.1, 0.15) is 4.60 Å². The van der Waals surface area contributed by atoms with Crippen molar-refractivity contribution < 1.29 is 0 Å². The van der Waals surface area contributed by atoms with Gasteiger partial charge in [0.25, 0.3) is 0 Å². The summed E-state index contributed by atoms with van der Waals surface area (Å²) in [7, 11) is 0. The Morgan fingerprint density at radius 3 is 2.65 bits per heavy atom. The summed E-state index contributed by atoms with van der Waals surface area (Å²) in [6.45, 7) is 0.961. The van der Waals surface area contributed by atoms with Gasteiger partial charge in [0, 0.05) is 31.0 Å². The molecule has 0 atom stereocenters. The summed E-state index contributed by atoms with van der Waals surface area (Å²) in [6.07, 6.45) is 5.35. The van der Waals surface area contributed by atoms with E-state index in [0.717, 1.165) is 32.8 Å². The summed E-state index contributed by atoms with van der Waals surface area (Å²) in [5.41, 5.74) is 10.6. The minimum absolute atomic E-state index is 0.353. The van der Waals surface area contributed by atoms with Crippen LogP contribution in [0.25, 0.3) is 16.9 Å². The van der Waals surface area contributed by atoms with Gasteiger partial charge in [0.15, 0.2) is 11.5 Å². The number of imidazole rings is 1. The summed E-state index contributed by atoms with van der Waals surface area (Å²) >= 11 is 3.57. The van der Waals surface area contributed by atoms with Crippen LogP contribution in [0.15, 0.2) is 65.7 Å². The van der Waals surface area contributed by atoms with Gasteiger partial charge in [-0.05, 0) is 27.6 Å². The summed E-state index contributed by atoms with van der Waals surface area (Å²) in [5, 5.41) is 3.38. The fourth-order valence-corrected chi connectivity index (χ4v) is 3.39. The van der Waals surface area contributed by atoms with E-state index in [1.807, 2.05) is 53.1 Å². The zero-order valence-electron chi connectivity index (χ0n) is 13.9. The predicted molar refractivity (Wildman–Crippen MR) is 106 cm³/mol. The Hall–Kier alpha value is -2.77. The number of rotatable bonds is 5. The van der Waals surface area contributed by atoms with Crippen LogP contribution in [-0.4, -0.2) is 19.4 Å². The van der Waals surface area contributed by atoms with Gasteiger partial charge in [0.2, 0.25) is 0 Å². The smallest absolute Gasteiger partial charge is 0.181 e. The van der Waals surface area contributed by atoms with Crippen LogP contribution >= 0.6 is 15.9 Å². The van der Waals surface area contributed by atoms with E-state index in [9.17, 15) is 0 Å². The fourth-order valence-electron chi connectivity index (χ4n) is 2.91. The first-order chi connectivity index (χ1) is 12.8. The molecule has 7 heteroatoms. The van der Waals surface area contributed by atoms with Crippen molar-refractivity contribution in [1.29, 1.82) is 0 Å². The van der Waals surface area contributed by atoms with Crippen LogP contribution in [0.5, 0.6) is 0 Å². The maximum atomic E-state index is 6.06. The van der Waals surface area contributed by atoms with Crippen molar-refractivity contribution in [1.82, 2.24) is 19.4 Å². The second-order valence-electron chi connectivity index (χ2n) is 5.78. The standard InChI is InChI=1S/C19H17BrN6/c20-16-12-24-19-18(23-11-13-5-4-8-22-10-13)25-17(15(9-21)26(16)19)14-6-2-1-3-7-14/h1-8,10,12H,9,11,21H2,(H,23,25). The van der Waals surface area contributed by atoms with Gasteiger partial charge in [-0.15, -0.1) is 0 Å². The number of nitrogens with two attached hydrogens (primary N) is 1. The first-order valence-electron chi connectivity index (χ1n) is 8.22. The Morgan fingerprint density at radius 2 is 1.92 bits per heavy atom. The van der Waals surface area contributed by atoms with Crippen LogP contribution < -0.4 is 11.1 Å². The third kappa shape index (κ3) is 3.07. The molecule has 26 heavy (non-hydrogen) atoms. The molecule has 0 saturated carbocycles. The lowest BCUT2D eigenvalue weighted by atomic mass is 10.1. The zero-order chi connectivity index (χ0) is 17.9. The fraction of sp³-hybridized carbons (Fsp3) is 0.105. The molecule has 3 heterocycles. The first kappa shape index (κ1) is 16.7. The van der Waals surface area contributed by atoms with E-state index in [4.69, 9.17) is 10.7 Å². The summed E-state index contributed by atoms with van der Waals surface area (Å²) in [5.74, 6) is 0.704. The zero-order valence-corrected chi connectivity index (χ0v) is 15.5. The van der Waals surface area contributed by atoms with Crippen LogP contribution in [-0.2, 0) is 13.1 Å². The van der Waals surface area contributed by atoms with E-state index >= 15 is 0 Å². The van der Waals surface area contributed by atoms with E-state index in [1.54, 1.807) is 12.4 Å². The molecule has 0 spiro atoms. The van der Waals surface area contributed by atoms with Crippen molar-refractivity contribution >= 4 is 27.4 Å². The lowest BCUT2D eigenvalue weighted by Crippen LogP contribution is -2.12. The van der Waals surface area contributed by atoms with E-state index in [-0.39, 0.29) is 0 Å². The Bertz CT molecular complexity index is 1030. The second kappa shape index (κ2) is 7.23. The van der Waals surface area contributed by atoms with Gasteiger partial charge in [-0.1, -0.05) is 36.4 Å². The third-order valence-electron chi connectivity index (χ3n) is 4.12. The monoisotopic (exact) mass is 408 g/mol. The molecular weight excluding hydrogens is 392 g/mol. The van der Waals surface area contributed by atoms with Gasteiger partial charge in [-0.3, -0.25) is 9.38 Å². The lowest BCUT2D eigenvalue weighted by Gasteiger charge is -2.15. The van der Waals surface area contributed by atoms with Gasteiger partial charge in [-0.25, -0.2) is 9.97 Å². The van der Waals surface area contributed by atoms with Crippen molar-refractivity contribution in [2.24, 2.45) is 5.73 Å². The number of aromatic nitrogens is 4. The molecule has 0 unspecified atom stereocenters. The van der Waals surface area contributed by atoms with Crippen LogP contribution in [0, 0.1) is 0 Å². The van der Waals surface area contributed by atoms with E-state index in [0.29, 0.717) is 18.9 Å². The Balaban J connectivity index is 1.84. The highest BCUT2D eigenvalue weighted by Crippen LogP contribution is 2.29. The predicted octanol–water partition coefficient (Wildman–Crippen LogP) is 3.62. The van der Waals surface area contributed by atoms with Gasteiger partial charge < -0.3 is 11.1 Å². The quantitative estimate of drug-likeness (QED) is 0.526. The minimum atomic E-state index is 0.353. The number of anilines is 1. The van der Waals surface area contributed by atoms with Crippen LogP contribution in [0.4, 0.5) is 5.82 Å². The molecule has 1 aromatic carbocycles. The normalized spacial score (nSPS) is 11.0. The summed E-state index contributed by atoms with van der Waals surface area (Å²) in [4.78, 5) is 13.5. The number of hydrogen-bond donors (Lipinski definition) is 2. The highest BCUT2D eigenvalue weighted by Gasteiger charge is 2.17. The summed E-state index contributed by atoms with van der Waals surface area (Å²) in [6, 6.07) is 14.0. The minimum Gasteiger partial charge on any atom is -0.363 e. The second-order valence-corrected chi connectivity index (χ2v) is 6.59. The molecular formula is C19H17BrN6. The molecule has 0 aliphatic heterocycles. The highest BCUT2D eigenvalue weighted by molar-refractivity contribution is 9.10. The lowest BCUT2D eigenvalue weighted by molar-refractivity contribution is 0.916. The number of hydrogen-bond acceptors (Lipinski definition) is 5. The molecule has 0 aliphatic rings. The number of benzene rings is 1. The maximum absolute atomic E-state index is 6.06. The molecule has 4 rings (SSSR count). The molecule has 4 aromatic rings. The highest BCUT2D eigenvalue weighted by atomic mass is 79.9. The van der Waals surface area contributed by atoms with E-state index < -0.39 is 0 Å². The topological polar surface area (TPSA) is 81.1 Å². The molecule has 0 aliphatic carbocycles. The summed E-state index contributed by atoms with van der Waals surface area (Å²) < 4.78 is 2.85. The van der Waals surface area contributed by atoms with E-state index in [2.05, 4.69) is 31.2 Å². The molecule has 0 amide bonds. The molecule has 6 nitrogen and oxygen atoms in total. The number of nitrogens with one attached hydrogen (secondary N) is 1. The number of halogens is 1. The number of pyridine rings is 1. The van der Waals surface area contributed by atoms with Crippen molar-refractivity contribution in [2.45, 2.75) is 13.1 Å². The van der Waals surface area contributed by atoms with Crippen LogP contribution in [0.2, 0.25) is 0 Å². The Morgan fingerprint density at radius 1 is 1.08 bits per heavy atom. The van der Waals surface area contributed by atoms with Crippen molar-refractivity contribution in [3.63, 3.8) is 0 Å². The van der Waals surface area contributed by atoms with Gasteiger partial charge >= 0.3 is 0 Å². The van der Waals surface area contributed by atoms with Crippen LogP contribution in [0.1, 0.15) is 11.3 Å². The number of fused-ring (bicyclic) bond motifs is 1. The SMILES string of the molecule is NCc1c(-c2ccccc2)nc(NCc2cccnc2)c2ncc(Br)n12. The molecule has 0 saturated heterocycles. The van der Waals surface area contributed by atoms with Gasteiger partial charge in [-0.2, -0.15) is 0 Å². The average Bonchev–Trinajstić information content (AvgIpc) is 3.09.